The highest BCUT2D eigenvalue weighted by Crippen LogP contribution is 2.18. The molecule has 0 spiro atoms. The van der Waals surface area contributed by atoms with E-state index in [0.717, 1.165) is 12.1 Å². The molecule has 0 atom stereocenters. The maximum Gasteiger partial charge on any atom is 0.0840 e. The number of rotatable bonds is 2. The summed E-state index contributed by atoms with van der Waals surface area (Å²) in [5.41, 5.74) is 3.66. The molecule has 1 nitrogen and oxygen atoms in total. The summed E-state index contributed by atoms with van der Waals surface area (Å²) in [5, 5.41) is 2.00. The fraction of sp³-hybridized carbons (Fsp3) is 0.182. The molecule has 0 aliphatic heterocycles. The summed E-state index contributed by atoms with van der Waals surface area (Å²) in [5.74, 6) is 0. The van der Waals surface area contributed by atoms with Crippen molar-refractivity contribution in [3.63, 3.8) is 0 Å². The lowest BCUT2D eigenvalue weighted by Crippen LogP contribution is -1.80. The van der Waals surface area contributed by atoms with E-state index in [-0.39, 0.29) is 0 Å². The van der Waals surface area contributed by atoms with Crippen molar-refractivity contribution >= 4 is 11.5 Å². The average molecular weight is 189 g/mol. The molecule has 0 saturated heterocycles. The Labute approximate surface area is 82.2 Å². The van der Waals surface area contributed by atoms with Gasteiger partial charge in [0.05, 0.1) is 5.69 Å². The van der Waals surface area contributed by atoms with Crippen LogP contribution in [0.15, 0.2) is 35.7 Å². The number of nitrogens with zero attached hydrogens (tertiary/aromatic N) is 1. The van der Waals surface area contributed by atoms with Crippen molar-refractivity contribution in [3.05, 3.63) is 41.3 Å². The smallest absolute Gasteiger partial charge is 0.0840 e. The van der Waals surface area contributed by atoms with Crippen LogP contribution in [-0.2, 0) is 6.42 Å². The van der Waals surface area contributed by atoms with Gasteiger partial charge in [-0.3, -0.25) is 0 Å². The van der Waals surface area contributed by atoms with Gasteiger partial charge in [0.2, 0.25) is 0 Å². The molecule has 0 aliphatic carbocycles. The van der Waals surface area contributed by atoms with Crippen LogP contribution in [0.2, 0.25) is 0 Å². The normalized spacial score (nSPS) is 10.2. The third kappa shape index (κ3) is 1.78. The fourth-order valence-electron chi connectivity index (χ4n) is 1.27. The van der Waals surface area contributed by atoms with Crippen LogP contribution in [0.1, 0.15) is 12.5 Å². The van der Waals surface area contributed by atoms with Gasteiger partial charge in [0, 0.05) is 10.9 Å². The van der Waals surface area contributed by atoms with E-state index in [1.165, 1.54) is 22.7 Å². The Hall–Kier alpha value is -1.15. The van der Waals surface area contributed by atoms with Crippen LogP contribution in [-0.4, -0.2) is 4.37 Å². The average Bonchev–Trinajstić information content (AvgIpc) is 2.71. The number of aryl methyl sites for hydroxylation is 1. The lowest BCUT2D eigenvalue weighted by molar-refractivity contribution is 1.14. The first-order chi connectivity index (χ1) is 6.40. The van der Waals surface area contributed by atoms with Gasteiger partial charge in [-0.15, -0.1) is 0 Å². The van der Waals surface area contributed by atoms with Crippen molar-refractivity contribution < 1.29 is 0 Å². The first-order valence-corrected chi connectivity index (χ1v) is 5.23. The highest BCUT2D eigenvalue weighted by Gasteiger charge is 1.98. The van der Waals surface area contributed by atoms with Gasteiger partial charge in [0.25, 0.3) is 0 Å². The van der Waals surface area contributed by atoms with Crippen molar-refractivity contribution in [1.82, 2.24) is 4.37 Å². The van der Waals surface area contributed by atoms with Gasteiger partial charge in [-0.05, 0) is 29.6 Å². The molecule has 13 heavy (non-hydrogen) atoms. The highest BCUT2D eigenvalue weighted by molar-refractivity contribution is 7.03. The minimum Gasteiger partial charge on any atom is -0.193 e. The first-order valence-electron chi connectivity index (χ1n) is 4.40. The quantitative estimate of drug-likeness (QED) is 0.705. The van der Waals surface area contributed by atoms with Crippen molar-refractivity contribution in [3.8, 4) is 11.3 Å². The van der Waals surface area contributed by atoms with Crippen LogP contribution in [0.4, 0.5) is 0 Å². The Kier molecular flexibility index (Phi) is 2.41. The van der Waals surface area contributed by atoms with Crippen LogP contribution in [0.25, 0.3) is 11.3 Å². The van der Waals surface area contributed by atoms with Crippen LogP contribution >= 0.6 is 11.5 Å². The molecule has 0 N–H and O–H groups in total. The summed E-state index contributed by atoms with van der Waals surface area (Å²) in [6, 6.07) is 10.6. The van der Waals surface area contributed by atoms with E-state index in [4.69, 9.17) is 0 Å². The highest BCUT2D eigenvalue weighted by atomic mass is 32.1. The maximum absolute atomic E-state index is 4.28. The molecule has 1 aromatic carbocycles. The summed E-state index contributed by atoms with van der Waals surface area (Å²) < 4.78 is 4.28. The molecule has 0 saturated carbocycles. The predicted octanol–water partition coefficient (Wildman–Crippen LogP) is 3.37. The Balaban J connectivity index is 2.33. The van der Waals surface area contributed by atoms with E-state index < -0.39 is 0 Å². The van der Waals surface area contributed by atoms with Crippen molar-refractivity contribution in [2.45, 2.75) is 13.3 Å². The molecule has 0 unspecified atom stereocenters. The zero-order valence-electron chi connectivity index (χ0n) is 7.53. The predicted molar refractivity (Wildman–Crippen MR) is 56.9 cm³/mol. The molecular weight excluding hydrogens is 178 g/mol. The summed E-state index contributed by atoms with van der Waals surface area (Å²) in [6.45, 7) is 2.16. The van der Waals surface area contributed by atoms with Gasteiger partial charge in [0.15, 0.2) is 0 Å². The van der Waals surface area contributed by atoms with Crippen LogP contribution in [0.5, 0.6) is 0 Å². The Morgan fingerprint density at radius 1 is 1.15 bits per heavy atom. The van der Waals surface area contributed by atoms with Crippen LogP contribution in [0.3, 0.4) is 0 Å². The topological polar surface area (TPSA) is 12.9 Å². The Morgan fingerprint density at radius 3 is 2.46 bits per heavy atom. The number of hydrogen-bond acceptors (Lipinski definition) is 2. The summed E-state index contributed by atoms with van der Waals surface area (Å²) in [6.07, 6.45) is 1.09. The second-order valence-electron chi connectivity index (χ2n) is 2.94. The molecule has 0 amide bonds. The minimum atomic E-state index is 1.08. The molecule has 0 fully saturated rings. The summed E-state index contributed by atoms with van der Waals surface area (Å²) in [4.78, 5) is 0. The molecule has 0 radical (unpaired) electrons. The van der Waals surface area contributed by atoms with Gasteiger partial charge in [-0.25, -0.2) is 0 Å². The third-order valence-corrected chi connectivity index (χ3v) is 2.66. The SMILES string of the molecule is CCc1ccc(-c2ccsn2)cc1. The number of hydrogen-bond donors (Lipinski definition) is 0. The largest absolute Gasteiger partial charge is 0.193 e. The minimum absolute atomic E-state index is 1.08. The zero-order valence-corrected chi connectivity index (χ0v) is 8.34. The van der Waals surface area contributed by atoms with Gasteiger partial charge in [-0.1, -0.05) is 31.2 Å². The molecular formula is C11H11NS. The molecule has 66 valence electrons. The third-order valence-electron chi connectivity index (χ3n) is 2.10. The van der Waals surface area contributed by atoms with E-state index in [1.54, 1.807) is 0 Å². The molecule has 2 aromatic rings. The van der Waals surface area contributed by atoms with E-state index in [1.807, 2.05) is 11.4 Å². The first kappa shape index (κ1) is 8.45. The van der Waals surface area contributed by atoms with Crippen molar-refractivity contribution in [2.24, 2.45) is 0 Å². The number of aromatic nitrogens is 1. The monoisotopic (exact) mass is 189 g/mol. The van der Waals surface area contributed by atoms with E-state index in [0.29, 0.717) is 0 Å². The maximum atomic E-state index is 4.28. The molecule has 1 aromatic heterocycles. The lowest BCUT2D eigenvalue weighted by atomic mass is 10.1. The van der Waals surface area contributed by atoms with Gasteiger partial charge >= 0.3 is 0 Å². The van der Waals surface area contributed by atoms with Crippen molar-refractivity contribution in [2.75, 3.05) is 0 Å². The van der Waals surface area contributed by atoms with Crippen LogP contribution < -0.4 is 0 Å². The van der Waals surface area contributed by atoms with Crippen LogP contribution in [0, 0.1) is 0 Å². The van der Waals surface area contributed by atoms with E-state index in [2.05, 4.69) is 35.6 Å². The zero-order chi connectivity index (χ0) is 9.10. The summed E-state index contributed by atoms with van der Waals surface area (Å²) in [7, 11) is 0. The van der Waals surface area contributed by atoms with E-state index in [9.17, 15) is 0 Å². The molecule has 0 aliphatic rings. The Bertz CT molecular complexity index is 361. The number of benzene rings is 1. The molecule has 1 heterocycles. The van der Waals surface area contributed by atoms with E-state index >= 15 is 0 Å². The second kappa shape index (κ2) is 3.71. The van der Waals surface area contributed by atoms with Gasteiger partial charge in [-0.2, -0.15) is 4.37 Å². The standard InChI is InChI=1S/C11H11NS/c1-2-9-3-5-10(6-4-9)11-7-8-13-12-11/h3-8H,2H2,1H3. The lowest BCUT2D eigenvalue weighted by Gasteiger charge is -1.98. The summed E-state index contributed by atoms with van der Waals surface area (Å²) >= 11 is 1.49. The second-order valence-corrected chi connectivity index (χ2v) is 3.60. The molecule has 2 heteroatoms. The molecule has 0 bridgehead atoms. The van der Waals surface area contributed by atoms with Crippen molar-refractivity contribution in [1.29, 1.82) is 0 Å². The van der Waals surface area contributed by atoms with Gasteiger partial charge < -0.3 is 0 Å². The Morgan fingerprint density at radius 2 is 1.92 bits per heavy atom. The molecule has 2 rings (SSSR count). The fourth-order valence-corrected chi connectivity index (χ4v) is 1.80. The van der Waals surface area contributed by atoms with Gasteiger partial charge in [0.1, 0.15) is 0 Å².